The fraction of sp³-hybridized carbons (Fsp3) is 0.188. The van der Waals surface area contributed by atoms with Crippen LogP contribution in [0.3, 0.4) is 0 Å². The van der Waals surface area contributed by atoms with E-state index in [0.717, 1.165) is 22.0 Å². The molecule has 0 aliphatic heterocycles. The summed E-state index contributed by atoms with van der Waals surface area (Å²) in [5.74, 6) is 0.831. The molecule has 0 aliphatic rings. The molecular formula is C16H16N4O. The van der Waals surface area contributed by atoms with Crippen molar-refractivity contribution in [2.45, 2.75) is 19.8 Å². The minimum Gasteiger partial charge on any atom is -0.506 e. The quantitative estimate of drug-likeness (QED) is 0.753. The number of pyridine rings is 1. The maximum atomic E-state index is 10.1. The van der Waals surface area contributed by atoms with Gasteiger partial charge >= 0.3 is 0 Å². The van der Waals surface area contributed by atoms with Crippen LogP contribution >= 0.6 is 0 Å². The molecule has 5 heteroatoms. The molecule has 3 N–H and O–H groups in total. The number of hydrogen-bond donors (Lipinski definition) is 2. The number of hydrogen-bond acceptors (Lipinski definition) is 5. The zero-order chi connectivity index (χ0) is 15.0. The van der Waals surface area contributed by atoms with Crippen LogP contribution in [0.1, 0.15) is 25.5 Å². The Hall–Kier alpha value is -2.69. The number of aromatic nitrogens is 3. The van der Waals surface area contributed by atoms with E-state index in [-0.39, 0.29) is 11.7 Å². The molecule has 0 saturated carbocycles. The highest BCUT2D eigenvalue weighted by Gasteiger charge is 2.10. The van der Waals surface area contributed by atoms with E-state index in [9.17, 15) is 5.11 Å². The van der Waals surface area contributed by atoms with E-state index in [0.29, 0.717) is 11.5 Å². The van der Waals surface area contributed by atoms with Gasteiger partial charge in [-0.3, -0.25) is 4.98 Å². The Kier molecular flexibility index (Phi) is 3.17. The van der Waals surface area contributed by atoms with Crippen LogP contribution in [0.5, 0.6) is 5.75 Å². The first-order valence-corrected chi connectivity index (χ1v) is 6.76. The van der Waals surface area contributed by atoms with E-state index in [4.69, 9.17) is 5.73 Å². The van der Waals surface area contributed by atoms with E-state index in [1.807, 2.05) is 32.0 Å². The summed E-state index contributed by atoms with van der Waals surface area (Å²) < 4.78 is 0. The zero-order valence-corrected chi connectivity index (χ0v) is 11.9. The molecule has 0 saturated heterocycles. The van der Waals surface area contributed by atoms with Crippen molar-refractivity contribution in [3.05, 3.63) is 42.5 Å². The van der Waals surface area contributed by atoms with Crippen molar-refractivity contribution < 1.29 is 5.11 Å². The first-order valence-electron chi connectivity index (χ1n) is 6.76. The Bertz CT molecular complexity index is 814. The molecule has 106 valence electrons. The summed E-state index contributed by atoms with van der Waals surface area (Å²) in [5.41, 5.74) is 9.13. The molecule has 3 aromatic rings. The van der Waals surface area contributed by atoms with Gasteiger partial charge in [0.05, 0.1) is 11.2 Å². The fourth-order valence-electron chi connectivity index (χ4n) is 2.32. The molecule has 0 amide bonds. The van der Waals surface area contributed by atoms with Crippen LogP contribution in [-0.4, -0.2) is 20.1 Å². The van der Waals surface area contributed by atoms with Crippen molar-refractivity contribution in [2.75, 3.05) is 5.73 Å². The second-order valence-corrected chi connectivity index (χ2v) is 5.27. The van der Waals surface area contributed by atoms with E-state index >= 15 is 0 Å². The monoisotopic (exact) mass is 280 g/mol. The molecule has 1 aromatic carbocycles. The first kappa shape index (κ1) is 13.3. The van der Waals surface area contributed by atoms with Gasteiger partial charge in [0, 0.05) is 17.1 Å². The van der Waals surface area contributed by atoms with Gasteiger partial charge in [0.1, 0.15) is 17.9 Å². The summed E-state index contributed by atoms with van der Waals surface area (Å²) in [4.78, 5) is 12.5. The third-order valence-corrected chi connectivity index (χ3v) is 3.44. The molecule has 0 atom stereocenters. The van der Waals surface area contributed by atoms with Crippen LogP contribution < -0.4 is 5.73 Å². The summed E-state index contributed by atoms with van der Waals surface area (Å²) in [5, 5.41) is 10.9. The minimum atomic E-state index is 0.180. The highest BCUT2D eigenvalue weighted by Crippen LogP contribution is 2.30. The first-order chi connectivity index (χ1) is 10.1. The number of aromatic hydroxyl groups is 1. The third-order valence-electron chi connectivity index (χ3n) is 3.44. The van der Waals surface area contributed by atoms with E-state index in [2.05, 4.69) is 15.0 Å². The molecule has 2 aromatic heterocycles. The predicted octanol–water partition coefficient (Wildman–Crippen LogP) is 3.10. The smallest absolute Gasteiger partial charge is 0.137 e. The number of anilines is 1. The molecule has 0 spiro atoms. The Labute approximate surface area is 122 Å². The van der Waals surface area contributed by atoms with Gasteiger partial charge in [-0.2, -0.15) is 0 Å². The Balaban J connectivity index is 2.12. The normalized spacial score (nSPS) is 11.2. The molecule has 0 radical (unpaired) electrons. The molecule has 0 aliphatic carbocycles. The molecule has 0 unspecified atom stereocenters. The lowest BCUT2D eigenvalue weighted by atomic mass is 10.0. The van der Waals surface area contributed by atoms with Crippen molar-refractivity contribution in [3.63, 3.8) is 0 Å². The van der Waals surface area contributed by atoms with Crippen molar-refractivity contribution in [2.24, 2.45) is 0 Å². The molecule has 0 fully saturated rings. The van der Waals surface area contributed by atoms with E-state index in [1.54, 1.807) is 12.3 Å². The minimum absolute atomic E-state index is 0.180. The average Bonchev–Trinajstić information content (AvgIpc) is 2.47. The van der Waals surface area contributed by atoms with Crippen LogP contribution in [0.4, 0.5) is 5.82 Å². The van der Waals surface area contributed by atoms with Gasteiger partial charge in [0.15, 0.2) is 0 Å². The predicted molar refractivity (Wildman–Crippen MR) is 82.9 cm³/mol. The van der Waals surface area contributed by atoms with Gasteiger partial charge < -0.3 is 10.8 Å². The van der Waals surface area contributed by atoms with Crippen LogP contribution in [0.15, 0.2) is 36.8 Å². The van der Waals surface area contributed by atoms with Crippen molar-refractivity contribution in [1.29, 1.82) is 0 Å². The maximum Gasteiger partial charge on any atom is 0.137 e. The number of nitrogen functional groups attached to an aromatic ring is 1. The number of nitrogens with two attached hydrogens (primary N) is 1. The van der Waals surface area contributed by atoms with Gasteiger partial charge in [-0.25, -0.2) is 9.97 Å². The van der Waals surface area contributed by atoms with E-state index < -0.39 is 0 Å². The summed E-state index contributed by atoms with van der Waals surface area (Å²) in [6, 6.07) is 7.45. The third kappa shape index (κ3) is 2.38. The van der Waals surface area contributed by atoms with Gasteiger partial charge in [0.25, 0.3) is 0 Å². The molecule has 21 heavy (non-hydrogen) atoms. The lowest BCUT2D eigenvalue weighted by molar-refractivity contribution is 0.460. The Morgan fingerprint density at radius 3 is 2.57 bits per heavy atom. The number of benzene rings is 1. The highest BCUT2D eigenvalue weighted by atomic mass is 16.3. The van der Waals surface area contributed by atoms with Gasteiger partial charge in [-0.05, 0) is 29.7 Å². The lowest BCUT2D eigenvalue weighted by Gasteiger charge is -2.10. The molecule has 5 nitrogen and oxygen atoms in total. The standard InChI is InChI=1S/C16H16N4O/c1-9(2)15-14(21)6-11(7-18-15)10-3-4-13-12(5-10)16(17)20-8-19-13/h3-9,21H,1-2H3,(H2,17,19,20). The summed E-state index contributed by atoms with van der Waals surface area (Å²) >= 11 is 0. The summed E-state index contributed by atoms with van der Waals surface area (Å²) in [6.45, 7) is 3.99. The average molecular weight is 280 g/mol. The second kappa shape index (κ2) is 5.01. The Morgan fingerprint density at radius 2 is 1.86 bits per heavy atom. The second-order valence-electron chi connectivity index (χ2n) is 5.27. The SMILES string of the molecule is CC(C)c1ncc(-c2ccc3ncnc(N)c3c2)cc1O. The van der Waals surface area contributed by atoms with E-state index in [1.165, 1.54) is 6.33 Å². The molecular weight excluding hydrogens is 264 g/mol. The topological polar surface area (TPSA) is 84.9 Å². The Morgan fingerprint density at radius 1 is 1.05 bits per heavy atom. The number of rotatable bonds is 2. The largest absolute Gasteiger partial charge is 0.506 e. The molecule has 3 rings (SSSR count). The van der Waals surface area contributed by atoms with Crippen molar-refractivity contribution in [1.82, 2.24) is 15.0 Å². The lowest BCUT2D eigenvalue weighted by Crippen LogP contribution is -1.95. The zero-order valence-electron chi connectivity index (χ0n) is 11.9. The van der Waals surface area contributed by atoms with Gasteiger partial charge in [-0.1, -0.05) is 19.9 Å². The highest BCUT2D eigenvalue weighted by molar-refractivity contribution is 5.91. The maximum absolute atomic E-state index is 10.1. The van der Waals surface area contributed by atoms with Gasteiger partial charge in [0.2, 0.25) is 0 Å². The summed E-state index contributed by atoms with van der Waals surface area (Å²) in [6.07, 6.45) is 3.21. The van der Waals surface area contributed by atoms with Crippen LogP contribution in [0.2, 0.25) is 0 Å². The molecule has 0 bridgehead atoms. The van der Waals surface area contributed by atoms with Crippen LogP contribution in [0.25, 0.3) is 22.0 Å². The van der Waals surface area contributed by atoms with Crippen molar-refractivity contribution >= 4 is 16.7 Å². The fourth-order valence-corrected chi connectivity index (χ4v) is 2.32. The number of fused-ring (bicyclic) bond motifs is 1. The van der Waals surface area contributed by atoms with Crippen LogP contribution in [-0.2, 0) is 0 Å². The molecule has 2 heterocycles. The van der Waals surface area contributed by atoms with Crippen molar-refractivity contribution in [3.8, 4) is 16.9 Å². The van der Waals surface area contributed by atoms with Gasteiger partial charge in [-0.15, -0.1) is 0 Å². The van der Waals surface area contributed by atoms with Crippen LogP contribution in [0, 0.1) is 0 Å². The summed E-state index contributed by atoms with van der Waals surface area (Å²) in [7, 11) is 0. The number of nitrogens with zero attached hydrogens (tertiary/aromatic N) is 3.